The van der Waals surface area contributed by atoms with E-state index in [1.807, 2.05) is 18.2 Å². The number of benzene rings is 1. The van der Waals surface area contributed by atoms with Gasteiger partial charge in [-0.1, -0.05) is 17.7 Å². The normalized spacial score (nSPS) is 12.1. The zero-order valence-corrected chi connectivity index (χ0v) is 9.95. The van der Waals surface area contributed by atoms with Gasteiger partial charge in [-0.05, 0) is 23.3 Å². The number of Topliss-reactive ketones (excluding diaryl/α,β-unsaturated/α-hetero) is 1. The van der Waals surface area contributed by atoms with Crippen LogP contribution >= 0.6 is 11.6 Å². The van der Waals surface area contributed by atoms with E-state index in [1.54, 1.807) is 6.20 Å². The van der Waals surface area contributed by atoms with E-state index in [0.29, 0.717) is 6.42 Å². The van der Waals surface area contributed by atoms with Crippen molar-refractivity contribution in [2.45, 2.75) is 13.3 Å². The molecule has 1 aromatic heterocycles. The average molecular weight is 245 g/mol. The number of hydrogen-bond donors (Lipinski definition) is 0. The van der Waals surface area contributed by atoms with Crippen LogP contribution in [0.15, 0.2) is 24.4 Å². The van der Waals surface area contributed by atoms with E-state index in [2.05, 4.69) is 9.97 Å². The number of rotatable bonds is 1. The number of ketones is 1. The Morgan fingerprint density at radius 2 is 2.18 bits per heavy atom. The topological polar surface area (TPSA) is 42.9 Å². The number of halogens is 1. The molecular weight excluding hydrogens is 236 g/mol. The molecule has 3 nitrogen and oxygen atoms in total. The Kier molecular flexibility index (Phi) is 2.23. The van der Waals surface area contributed by atoms with Crippen LogP contribution in [0.3, 0.4) is 0 Å². The highest BCUT2D eigenvalue weighted by Crippen LogP contribution is 2.36. The Balaban J connectivity index is 2.15. The Morgan fingerprint density at radius 3 is 2.94 bits per heavy atom. The third kappa shape index (κ3) is 1.63. The molecule has 0 saturated heterocycles. The lowest BCUT2D eigenvalue weighted by Gasteiger charge is -2.00. The van der Waals surface area contributed by atoms with Gasteiger partial charge in [-0.3, -0.25) is 4.79 Å². The summed E-state index contributed by atoms with van der Waals surface area (Å²) >= 11 is 5.96. The van der Waals surface area contributed by atoms with Gasteiger partial charge in [0.2, 0.25) is 0 Å². The van der Waals surface area contributed by atoms with Crippen molar-refractivity contribution in [3.63, 3.8) is 0 Å². The summed E-state index contributed by atoms with van der Waals surface area (Å²) in [5.74, 6) is 0.171. The van der Waals surface area contributed by atoms with E-state index in [0.717, 1.165) is 27.4 Å². The lowest BCUT2D eigenvalue weighted by molar-refractivity contribution is 0.100. The molecule has 84 valence electrons. The van der Waals surface area contributed by atoms with Gasteiger partial charge in [-0.2, -0.15) is 0 Å². The molecule has 0 spiro atoms. The summed E-state index contributed by atoms with van der Waals surface area (Å²) < 4.78 is 0. The van der Waals surface area contributed by atoms with E-state index >= 15 is 0 Å². The highest BCUT2D eigenvalue weighted by Gasteiger charge is 2.21. The molecule has 0 radical (unpaired) electrons. The minimum atomic E-state index is -0.109. The molecule has 0 unspecified atom stereocenters. The number of fused-ring (bicyclic) bond motifs is 3. The first kappa shape index (κ1) is 10.4. The van der Waals surface area contributed by atoms with Crippen molar-refractivity contribution >= 4 is 17.4 Å². The molecule has 0 saturated carbocycles. The zero-order valence-electron chi connectivity index (χ0n) is 9.20. The number of hydrogen-bond acceptors (Lipinski definition) is 3. The summed E-state index contributed by atoms with van der Waals surface area (Å²) in [6.45, 7) is 1.47. The van der Waals surface area contributed by atoms with Crippen molar-refractivity contribution in [2.75, 3.05) is 0 Å². The van der Waals surface area contributed by atoms with Crippen LogP contribution < -0.4 is 0 Å². The second-order valence-corrected chi connectivity index (χ2v) is 4.52. The Labute approximate surface area is 103 Å². The van der Waals surface area contributed by atoms with Crippen LogP contribution in [-0.2, 0) is 6.42 Å². The van der Waals surface area contributed by atoms with Crippen molar-refractivity contribution in [1.29, 1.82) is 0 Å². The van der Waals surface area contributed by atoms with E-state index in [-0.39, 0.29) is 11.6 Å². The minimum absolute atomic E-state index is 0.109. The standard InChI is InChI=1S/C13H9ClN2O/c1-7(17)13-15-6-11-10-3-2-9(14)4-8(10)5-12(11)16-13/h2-4,6H,5H2,1H3. The molecule has 0 atom stereocenters. The molecule has 2 aromatic rings. The molecule has 1 aliphatic carbocycles. The molecule has 3 rings (SSSR count). The van der Waals surface area contributed by atoms with Crippen LogP contribution in [0.1, 0.15) is 28.8 Å². The molecule has 0 fully saturated rings. The first-order chi connectivity index (χ1) is 8.15. The second kappa shape index (κ2) is 3.64. The molecular formula is C13H9ClN2O. The first-order valence-electron chi connectivity index (χ1n) is 5.31. The van der Waals surface area contributed by atoms with Crippen molar-refractivity contribution < 1.29 is 4.79 Å². The fourth-order valence-corrected chi connectivity index (χ4v) is 2.29. The SMILES string of the molecule is CC(=O)c1ncc2c(n1)Cc1cc(Cl)ccc1-2. The second-order valence-electron chi connectivity index (χ2n) is 4.09. The molecule has 0 amide bonds. The molecule has 4 heteroatoms. The number of carbonyl (C=O) groups excluding carboxylic acids is 1. The molecule has 17 heavy (non-hydrogen) atoms. The number of nitrogens with zero attached hydrogens (tertiary/aromatic N) is 2. The van der Waals surface area contributed by atoms with Crippen LogP contribution in [0.5, 0.6) is 0 Å². The molecule has 1 heterocycles. The third-order valence-electron chi connectivity index (χ3n) is 2.90. The van der Waals surface area contributed by atoms with Gasteiger partial charge in [0.25, 0.3) is 0 Å². The van der Waals surface area contributed by atoms with Crippen LogP contribution in [0.25, 0.3) is 11.1 Å². The van der Waals surface area contributed by atoms with Crippen molar-refractivity contribution in [3.05, 3.63) is 46.5 Å². The predicted molar refractivity (Wildman–Crippen MR) is 65.3 cm³/mol. The van der Waals surface area contributed by atoms with Crippen molar-refractivity contribution in [2.24, 2.45) is 0 Å². The Bertz CT molecular complexity index is 637. The average Bonchev–Trinajstić information content (AvgIpc) is 2.64. The van der Waals surface area contributed by atoms with E-state index in [9.17, 15) is 4.79 Å². The Morgan fingerprint density at radius 1 is 1.35 bits per heavy atom. The van der Waals surface area contributed by atoms with Crippen molar-refractivity contribution in [3.8, 4) is 11.1 Å². The minimum Gasteiger partial charge on any atom is -0.291 e. The van der Waals surface area contributed by atoms with Gasteiger partial charge in [0.1, 0.15) is 0 Å². The van der Waals surface area contributed by atoms with Gasteiger partial charge in [-0.15, -0.1) is 0 Å². The van der Waals surface area contributed by atoms with Gasteiger partial charge in [0.05, 0.1) is 5.69 Å². The third-order valence-corrected chi connectivity index (χ3v) is 3.13. The largest absolute Gasteiger partial charge is 0.291 e. The maximum absolute atomic E-state index is 11.2. The van der Waals surface area contributed by atoms with Crippen LogP contribution in [0.2, 0.25) is 5.02 Å². The molecule has 1 aromatic carbocycles. The lowest BCUT2D eigenvalue weighted by Crippen LogP contribution is -2.03. The fourth-order valence-electron chi connectivity index (χ4n) is 2.10. The molecule has 0 N–H and O–H groups in total. The lowest BCUT2D eigenvalue weighted by atomic mass is 10.1. The number of carbonyl (C=O) groups is 1. The maximum atomic E-state index is 11.2. The summed E-state index contributed by atoms with van der Waals surface area (Å²) in [5.41, 5.74) is 4.16. The summed E-state index contributed by atoms with van der Waals surface area (Å²) in [6, 6.07) is 5.76. The van der Waals surface area contributed by atoms with Crippen LogP contribution in [0, 0.1) is 0 Å². The maximum Gasteiger partial charge on any atom is 0.196 e. The highest BCUT2D eigenvalue weighted by molar-refractivity contribution is 6.30. The highest BCUT2D eigenvalue weighted by atomic mass is 35.5. The summed E-state index contributed by atoms with van der Waals surface area (Å²) in [7, 11) is 0. The van der Waals surface area contributed by atoms with E-state index in [4.69, 9.17) is 11.6 Å². The van der Waals surface area contributed by atoms with Gasteiger partial charge >= 0.3 is 0 Å². The van der Waals surface area contributed by atoms with Gasteiger partial charge in [-0.25, -0.2) is 9.97 Å². The summed E-state index contributed by atoms with van der Waals surface area (Å²) in [4.78, 5) is 19.6. The van der Waals surface area contributed by atoms with Crippen LogP contribution in [-0.4, -0.2) is 15.8 Å². The molecule has 0 aliphatic heterocycles. The molecule has 1 aliphatic rings. The first-order valence-corrected chi connectivity index (χ1v) is 5.68. The van der Waals surface area contributed by atoms with Gasteiger partial charge in [0.15, 0.2) is 11.6 Å². The summed E-state index contributed by atoms with van der Waals surface area (Å²) in [5, 5.41) is 0.719. The molecule has 0 bridgehead atoms. The quantitative estimate of drug-likeness (QED) is 0.618. The van der Waals surface area contributed by atoms with Crippen molar-refractivity contribution in [1.82, 2.24) is 9.97 Å². The fraction of sp³-hybridized carbons (Fsp3) is 0.154. The van der Waals surface area contributed by atoms with E-state index in [1.165, 1.54) is 6.92 Å². The van der Waals surface area contributed by atoms with Crippen LogP contribution in [0.4, 0.5) is 0 Å². The Hall–Kier alpha value is -1.74. The van der Waals surface area contributed by atoms with Gasteiger partial charge < -0.3 is 0 Å². The summed E-state index contributed by atoms with van der Waals surface area (Å²) in [6.07, 6.45) is 2.44. The smallest absolute Gasteiger partial charge is 0.196 e. The zero-order chi connectivity index (χ0) is 12.0. The monoisotopic (exact) mass is 244 g/mol. The van der Waals surface area contributed by atoms with Gasteiger partial charge in [0, 0.05) is 30.1 Å². The number of aromatic nitrogens is 2. The van der Waals surface area contributed by atoms with E-state index < -0.39 is 0 Å². The predicted octanol–water partition coefficient (Wildman–Crippen LogP) is 2.90.